The molecule has 1 heterocycles. The van der Waals surface area contributed by atoms with Crippen molar-refractivity contribution < 1.29 is 32.2 Å². The van der Waals surface area contributed by atoms with Gasteiger partial charge in [0, 0.05) is 41.0 Å². The zero-order valence-corrected chi connectivity index (χ0v) is 18.7. The summed E-state index contributed by atoms with van der Waals surface area (Å²) >= 11 is 0.813. The summed E-state index contributed by atoms with van der Waals surface area (Å²) in [6, 6.07) is 2.65. The number of H-pyrrole nitrogens is 2. The molecule has 0 amide bonds. The lowest BCUT2D eigenvalue weighted by Crippen LogP contribution is -2.23. The lowest BCUT2D eigenvalue weighted by molar-refractivity contribution is -0.137. The Labute approximate surface area is 194 Å². The molecule has 0 bridgehead atoms. The molecule has 0 radical (unpaired) electrons. The first-order valence-electron chi connectivity index (χ1n) is 9.90. The molecule has 0 aliphatic carbocycles. The van der Waals surface area contributed by atoms with E-state index in [0.29, 0.717) is 18.7 Å². The smallest absolute Gasteiger partial charge is 0.396 e. The van der Waals surface area contributed by atoms with Crippen LogP contribution in [0.15, 0.2) is 38.8 Å². The molecule has 13 heteroatoms. The molecule has 3 aromatic rings. The quantitative estimate of drug-likeness (QED) is 0.191. The Morgan fingerprint density at radius 2 is 1.76 bits per heavy atom. The zero-order chi connectivity index (χ0) is 25.5. The monoisotopic (exact) mass is 507 g/mol. The van der Waals surface area contributed by atoms with Gasteiger partial charge in [0.15, 0.2) is 0 Å². The summed E-state index contributed by atoms with van der Waals surface area (Å²) in [4.78, 5) is 27.8. The van der Waals surface area contributed by atoms with E-state index in [4.69, 9.17) is 10.2 Å². The number of fused-ring (bicyclic) bond motifs is 1. The van der Waals surface area contributed by atoms with Crippen molar-refractivity contribution in [2.75, 3.05) is 32.6 Å². The fourth-order valence-corrected chi connectivity index (χ4v) is 4.10. The largest absolute Gasteiger partial charge is 0.417 e. The van der Waals surface area contributed by atoms with Gasteiger partial charge < -0.3 is 20.5 Å². The van der Waals surface area contributed by atoms with E-state index in [1.165, 1.54) is 0 Å². The van der Waals surface area contributed by atoms with E-state index < -0.39 is 51.1 Å². The standard InChI is InChI=1S/C18H13F5N2O3S.C3H9NO/c19-8-2-3-9(12(20)6-8)13-11(18(21,22)23)7-10-14(15(13)29-5-1-4-26)24-17(28)25-16(10)27;1-4-2-3-5/h2-3,6-7,26H,1,4-5H2,(H2,24,25,27,28);4-5H,2-3H2,1H3. The van der Waals surface area contributed by atoms with Crippen LogP contribution in [0.2, 0.25) is 0 Å². The number of aromatic nitrogens is 2. The fourth-order valence-electron chi connectivity index (χ4n) is 2.95. The number of halogens is 5. The number of aromatic amines is 2. The molecule has 186 valence electrons. The van der Waals surface area contributed by atoms with Gasteiger partial charge in [0.25, 0.3) is 5.56 Å². The summed E-state index contributed by atoms with van der Waals surface area (Å²) in [5.74, 6) is -2.08. The number of aliphatic hydroxyl groups is 2. The topological polar surface area (TPSA) is 118 Å². The molecular formula is C21H22F5N3O4S. The summed E-state index contributed by atoms with van der Waals surface area (Å²) in [5, 5.41) is 19.3. The first kappa shape index (κ1) is 27.5. The summed E-state index contributed by atoms with van der Waals surface area (Å²) in [7, 11) is 1.80. The van der Waals surface area contributed by atoms with E-state index in [9.17, 15) is 31.5 Å². The molecule has 0 fully saturated rings. The molecule has 0 atom stereocenters. The molecule has 0 saturated heterocycles. The van der Waals surface area contributed by atoms with Crippen molar-refractivity contribution in [3.05, 3.63) is 62.3 Å². The van der Waals surface area contributed by atoms with Crippen molar-refractivity contribution in [2.45, 2.75) is 17.5 Å². The van der Waals surface area contributed by atoms with Gasteiger partial charge >= 0.3 is 11.9 Å². The average Bonchev–Trinajstić information content (AvgIpc) is 2.74. The molecule has 0 aliphatic rings. The van der Waals surface area contributed by atoms with Gasteiger partial charge in [-0.3, -0.25) is 9.78 Å². The first-order valence-corrected chi connectivity index (χ1v) is 10.9. The van der Waals surface area contributed by atoms with Gasteiger partial charge in [-0.2, -0.15) is 13.2 Å². The Morgan fingerprint density at radius 1 is 1.06 bits per heavy atom. The average molecular weight is 507 g/mol. The number of thioether (sulfide) groups is 1. The maximum atomic E-state index is 14.4. The van der Waals surface area contributed by atoms with Crippen LogP contribution >= 0.6 is 11.8 Å². The van der Waals surface area contributed by atoms with Crippen molar-refractivity contribution >= 4 is 22.7 Å². The SMILES string of the molecule is CNCCO.O=c1[nH]c(=O)c2cc(C(F)(F)F)c(-c3ccc(F)cc3F)c(SCCCO)c2[nH]1. The van der Waals surface area contributed by atoms with Gasteiger partial charge in [-0.25, -0.2) is 13.6 Å². The van der Waals surface area contributed by atoms with Gasteiger partial charge in [-0.15, -0.1) is 11.8 Å². The number of hydrogen-bond acceptors (Lipinski definition) is 6. The highest BCUT2D eigenvalue weighted by molar-refractivity contribution is 7.99. The second-order valence-electron chi connectivity index (χ2n) is 6.83. The Bertz CT molecular complexity index is 1240. The van der Waals surface area contributed by atoms with E-state index in [-0.39, 0.29) is 35.8 Å². The highest BCUT2D eigenvalue weighted by Gasteiger charge is 2.37. The molecule has 7 nitrogen and oxygen atoms in total. The van der Waals surface area contributed by atoms with Gasteiger partial charge in [0.2, 0.25) is 0 Å². The number of likely N-dealkylation sites (N-methyl/N-ethyl adjacent to an activating group) is 1. The third kappa shape index (κ3) is 6.65. The highest BCUT2D eigenvalue weighted by Crippen LogP contribution is 2.45. The molecule has 1 aromatic heterocycles. The van der Waals surface area contributed by atoms with Crippen molar-refractivity contribution in [3.63, 3.8) is 0 Å². The lowest BCUT2D eigenvalue weighted by Gasteiger charge is -2.19. The summed E-state index contributed by atoms with van der Waals surface area (Å²) in [5.41, 5.74) is -4.64. The van der Waals surface area contributed by atoms with Crippen molar-refractivity contribution in [1.82, 2.24) is 15.3 Å². The van der Waals surface area contributed by atoms with Crippen LogP contribution in [0.5, 0.6) is 0 Å². The molecule has 0 unspecified atom stereocenters. The lowest BCUT2D eigenvalue weighted by atomic mass is 9.96. The molecule has 0 spiro atoms. The molecule has 3 rings (SSSR count). The minimum Gasteiger partial charge on any atom is -0.396 e. The van der Waals surface area contributed by atoms with E-state index in [2.05, 4.69) is 10.3 Å². The molecule has 5 N–H and O–H groups in total. The molecule has 0 saturated carbocycles. The Hall–Kier alpha value is -2.74. The molecular weight excluding hydrogens is 485 g/mol. The van der Waals surface area contributed by atoms with E-state index in [1.54, 1.807) is 7.05 Å². The highest BCUT2D eigenvalue weighted by atomic mass is 32.2. The second-order valence-corrected chi connectivity index (χ2v) is 7.94. The van der Waals surface area contributed by atoms with Crippen molar-refractivity contribution in [3.8, 4) is 11.1 Å². The molecule has 2 aromatic carbocycles. The predicted octanol–water partition coefficient (Wildman–Crippen LogP) is 2.85. The Balaban J connectivity index is 0.000000739. The third-order valence-corrected chi connectivity index (χ3v) is 5.60. The summed E-state index contributed by atoms with van der Waals surface area (Å²) < 4.78 is 69.2. The van der Waals surface area contributed by atoms with E-state index >= 15 is 0 Å². The second kappa shape index (κ2) is 12.1. The van der Waals surface area contributed by atoms with Crippen LogP contribution in [0.3, 0.4) is 0 Å². The minimum atomic E-state index is -4.97. The van der Waals surface area contributed by atoms with Crippen LogP contribution in [-0.2, 0) is 6.18 Å². The number of hydrogen-bond donors (Lipinski definition) is 5. The van der Waals surface area contributed by atoms with Gasteiger partial charge in [0.1, 0.15) is 11.6 Å². The Kier molecular flexibility index (Phi) is 9.79. The normalized spacial score (nSPS) is 11.4. The number of benzene rings is 2. The molecule has 0 aliphatic heterocycles. The van der Waals surface area contributed by atoms with Crippen LogP contribution < -0.4 is 16.6 Å². The van der Waals surface area contributed by atoms with E-state index in [1.807, 2.05) is 4.98 Å². The number of alkyl halides is 3. The predicted molar refractivity (Wildman–Crippen MR) is 119 cm³/mol. The maximum Gasteiger partial charge on any atom is 0.417 e. The van der Waals surface area contributed by atoms with Gasteiger partial charge in [-0.05, 0) is 31.7 Å². The fraction of sp³-hybridized carbons (Fsp3) is 0.333. The minimum absolute atomic E-state index is 0.123. The van der Waals surface area contributed by atoms with Gasteiger partial charge in [0.05, 0.1) is 23.1 Å². The number of rotatable bonds is 7. The first-order chi connectivity index (χ1) is 16.0. The summed E-state index contributed by atoms with van der Waals surface area (Å²) in [6.07, 6.45) is -4.78. The van der Waals surface area contributed by atoms with E-state index in [0.717, 1.165) is 23.9 Å². The summed E-state index contributed by atoms with van der Waals surface area (Å²) in [6.45, 7) is 0.678. The Morgan fingerprint density at radius 3 is 2.29 bits per heavy atom. The van der Waals surface area contributed by atoms with Crippen LogP contribution in [-0.4, -0.2) is 52.7 Å². The maximum absolute atomic E-state index is 14.4. The van der Waals surface area contributed by atoms with Gasteiger partial charge in [-0.1, -0.05) is 0 Å². The van der Waals surface area contributed by atoms with Crippen LogP contribution in [0.4, 0.5) is 22.0 Å². The van der Waals surface area contributed by atoms with Crippen LogP contribution in [0.1, 0.15) is 12.0 Å². The van der Waals surface area contributed by atoms with Crippen molar-refractivity contribution in [2.24, 2.45) is 0 Å². The van der Waals surface area contributed by atoms with Crippen molar-refractivity contribution in [1.29, 1.82) is 0 Å². The number of nitrogens with one attached hydrogen (secondary N) is 3. The van der Waals surface area contributed by atoms with Crippen LogP contribution in [0.25, 0.3) is 22.0 Å². The third-order valence-electron chi connectivity index (χ3n) is 4.41. The van der Waals surface area contributed by atoms with Crippen LogP contribution in [0, 0.1) is 11.6 Å². The zero-order valence-electron chi connectivity index (χ0n) is 17.9. The number of aliphatic hydroxyl groups excluding tert-OH is 2. The molecule has 34 heavy (non-hydrogen) atoms.